The van der Waals surface area contributed by atoms with E-state index in [4.69, 9.17) is 4.42 Å². The Morgan fingerprint density at radius 3 is 3.00 bits per heavy atom. The standard InChI is InChI=1S/C12H21N5O2/c1-3-6-17(10-4-5-13-7-10)8-11(18)14-12-16-15-9(2)19-12/h10,13H,3-8H2,1-2H3,(H,14,16,18). The average Bonchev–Trinajstić information content (AvgIpc) is 3.00. The molecule has 7 nitrogen and oxygen atoms in total. The Morgan fingerprint density at radius 2 is 2.42 bits per heavy atom. The highest BCUT2D eigenvalue weighted by molar-refractivity contribution is 5.90. The van der Waals surface area contributed by atoms with E-state index in [1.165, 1.54) is 0 Å². The van der Waals surface area contributed by atoms with Gasteiger partial charge < -0.3 is 9.73 Å². The summed E-state index contributed by atoms with van der Waals surface area (Å²) in [6.07, 6.45) is 2.12. The van der Waals surface area contributed by atoms with Gasteiger partial charge in [-0.1, -0.05) is 12.0 Å². The van der Waals surface area contributed by atoms with Crippen molar-refractivity contribution in [1.29, 1.82) is 0 Å². The number of anilines is 1. The second-order valence-electron chi connectivity index (χ2n) is 4.79. The summed E-state index contributed by atoms with van der Waals surface area (Å²) in [6.45, 7) is 7.07. The van der Waals surface area contributed by atoms with Crippen molar-refractivity contribution in [1.82, 2.24) is 20.4 Å². The Kier molecular flexibility index (Phi) is 4.86. The van der Waals surface area contributed by atoms with Crippen LogP contribution in [0.4, 0.5) is 6.01 Å². The molecular weight excluding hydrogens is 246 g/mol. The summed E-state index contributed by atoms with van der Waals surface area (Å²) in [4.78, 5) is 14.2. The molecule has 1 aliphatic heterocycles. The Morgan fingerprint density at radius 1 is 1.58 bits per heavy atom. The summed E-state index contributed by atoms with van der Waals surface area (Å²) >= 11 is 0. The number of aromatic nitrogens is 2. The highest BCUT2D eigenvalue weighted by Gasteiger charge is 2.23. The van der Waals surface area contributed by atoms with Crippen LogP contribution in [0.2, 0.25) is 0 Å². The van der Waals surface area contributed by atoms with Crippen LogP contribution in [0, 0.1) is 6.92 Å². The van der Waals surface area contributed by atoms with Gasteiger partial charge in [0, 0.05) is 19.5 Å². The smallest absolute Gasteiger partial charge is 0.322 e. The molecule has 0 bridgehead atoms. The maximum absolute atomic E-state index is 12.0. The molecule has 0 aliphatic carbocycles. The van der Waals surface area contributed by atoms with E-state index in [1.807, 2.05) is 0 Å². The van der Waals surface area contributed by atoms with Crippen LogP contribution in [0.15, 0.2) is 4.42 Å². The van der Waals surface area contributed by atoms with Crippen LogP contribution in [-0.2, 0) is 4.79 Å². The van der Waals surface area contributed by atoms with E-state index in [-0.39, 0.29) is 11.9 Å². The number of hydrogen-bond acceptors (Lipinski definition) is 6. The molecule has 0 aromatic carbocycles. The fourth-order valence-corrected chi connectivity index (χ4v) is 2.32. The molecule has 0 radical (unpaired) electrons. The van der Waals surface area contributed by atoms with Crippen molar-refractivity contribution >= 4 is 11.9 Å². The van der Waals surface area contributed by atoms with Crippen molar-refractivity contribution in [3.63, 3.8) is 0 Å². The van der Waals surface area contributed by atoms with E-state index >= 15 is 0 Å². The van der Waals surface area contributed by atoms with E-state index in [1.54, 1.807) is 6.92 Å². The van der Waals surface area contributed by atoms with E-state index in [2.05, 4.69) is 32.7 Å². The van der Waals surface area contributed by atoms with E-state index < -0.39 is 0 Å². The molecule has 1 saturated heterocycles. The maximum atomic E-state index is 12.0. The average molecular weight is 267 g/mol. The minimum absolute atomic E-state index is 0.107. The molecule has 19 heavy (non-hydrogen) atoms. The molecule has 7 heteroatoms. The fourth-order valence-electron chi connectivity index (χ4n) is 2.32. The lowest BCUT2D eigenvalue weighted by atomic mass is 10.2. The molecule has 0 saturated carbocycles. The van der Waals surface area contributed by atoms with Crippen LogP contribution in [-0.4, -0.2) is 53.2 Å². The van der Waals surface area contributed by atoms with Crippen molar-refractivity contribution in [3.05, 3.63) is 5.89 Å². The number of amides is 1. The first kappa shape index (κ1) is 14.0. The summed E-state index contributed by atoms with van der Waals surface area (Å²) in [5.74, 6) is 0.338. The third kappa shape index (κ3) is 4.00. The van der Waals surface area contributed by atoms with Gasteiger partial charge in [-0.2, -0.15) is 0 Å². The first-order chi connectivity index (χ1) is 9.19. The molecule has 106 valence electrons. The quantitative estimate of drug-likeness (QED) is 0.776. The number of hydrogen-bond donors (Lipinski definition) is 2. The van der Waals surface area contributed by atoms with Crippen LogP contribution in [0.3, 0.4) is 0 Å². The summed E-state index contributed by atoms with van der Waals surface area (Å²) in [5, 5.41) is 13.4. The molecule has 1 unspecified atom stereocenters. The molecule has 1 fully saturated rings. The number of carbonyl (C=O) groups is 1. The lowest BCUT2D eigenvalue weighted by molar-refractivity contribution is -0.117. The zero-order valence-corrected chi connectivity index (χ0v) is 11.5. The Hall–Kier alpha value is -1.47. The van der Waals surface area contributed by atoms with Gasteiger partial charge >= 0.3 is 6.01 Å². The Bertz CT molecular complexity index is 414. The molecule has 0 spiro atoms. The number of aryl methyl sites for hydroxylation is 1. The van der Waals surface area contributed by atoms with Crippen molar-refractivity contribution in [2.75, 3.05) is 31.5 Å². The Labute approximate surface area is 112 Å². The van der Waals surface area contributed by atoms with Gasteiger partial charge in [-0.05, 0) is 25.9 Å². The number of nitrogens with zero attached hydrogens (tertiary/aromatic N) is 3. The minimum Gasteiger partial charge on any atom is -0.408 e. The molecule has 2 heterocycles. The normalized spacial score (nSPS) is 19.0. The zero-order valence-electron chi connectivity index (χ0n) is 11.5. The highest BCUT2D eigenvalue weighted by atomic mass is 16.4. The molecule has 1 aliphatic rings. The third-order valence-electron chi connectivity index (χ3n) is 3.18. The number of rotatable bonds is 6. The molecule has 1 atom stereocenters. The highest BCUT2D eigenvalue weighted by Crippen LogP contribution is 2.10. The SMILES string of the molecule is CCCN(CC(=O)Nc1nnc(C)o1)C1CCNC1. The van der Waals surface area contributed by atoms with Gasteiger partial charge in [-0.3, -0.25) is 15.0 Å². The molecule has 2 rings (SSSR count). The van der Waals surface area contributed by atoms with Gasteiger partial charge in [0.2, 0.25) is 11.8 Å². The van der Waals surface area contributed by atoms with E-state index in [0.29, 0.717) is 18.5 Å². The van der Waals surface area contributed by atoms with Crippen molar-refractivity contribution in [3.8, 4) is 0 Å². The van der Waals surface area contributed by atoms with Gasteiger partial charge in [0.05, 0.1) is 6.54 Å². The molecular formula is C12H21N5O2. The van der Waals surface area contributed by atoms with Gasteiger partial charge in [-0.15, -0.1) is 5.10 Å². The van der Waals surface area contributed by atoms with Crippen molar-refractivity contribution < 1.29 is 9.21 Å². The zero-order chi connectivity index (χ0) is 13.7. The van der Waals surface area contributed by atoms with Crippen LogP contribution >= 0.6 is 0 Å². The largest absolute Gasteiger partial charge is 0.408 e. The summed E-state index contributed by atoms with van der Waals surface area (Å²) in [5.41, 5.74) is 0. The first-order valence-corrected chi connectivity index (χ1v) is 6.73. The molecule has 1 aromatic rings. The van der Waals surface area contributed by atoms with Crippen LogP contribution in [0.25, 0.3) is 0 Å². The third-order valence-corrected chi connectivity index (χ3v) is 3.18. The minimum atomic E-state index is -0.107. The predicted molar refractivity (Wildman–Crippen MR) is 70.8 cm³/mol. The van der Waals surface area contributed by atoms with Crippen molar-refractivity contribution in [2.45, 2.75) is 32.7 Å². The van der Waals surface area contributed by atoms with Gasteiger partial charge in [0.1, 0.15) is 0 Å². The van der Waals surface area contributed by atoms with Crippen LogP contribution in [0.5, 0.6) is 0 Å². The monoisotopic (exact) mass is 267 g/mol. The van der Waals surface area contributed by atoms with Gasteiger partial charge in [0.15, 0.2) is 0 Å². The summed E-state index contributed by atoms with van der Waals surface area (Å²) in [7, 11) is 0. The molecule has 1 aromatic heterocycles. The molecule has 2 N–H and O–H groups in total. The second-order valence-corrected chi connectivity index (χ2v) is 4.79. The molecule has 1 amide bonds. The summed E-state index contributed by atoms with van der Waals surface area (Å²) < 4.78 is 5.14. The first-order valence-electron chi connectivity index (χ1n) is 6.73. The topological polar surface area (TPSA) is 83.3 Å². The van der Waals surface area contributed by atoms with Crippen molar-refractivity contribution in [2.24, 2.45) is 0 Å². The van der Waals surface area contributed by atoms with Crippen LogP contribution in [0.1, 0.15) is 25.7 Å². The predicted octanol–water partition coefficient (Wildman–Crippen LogP) is 0.390. The van der Waals surface area contributed by atoms with E-state index in [0.717, 1.165) is 32.5 Å². The van der Waals surface area contributed by atoms with Gasteiger partial charge in [0.25, 0.3) is 0 Å². The van der Waals surface area contributed by atoms with Crippen LogP contribution < -0.4 is 10.6 Å². The van der Waals surface area contributed by atoms with Gasteiger partial charge in [-0.25, -0.2) is 0 Å². The summed E-state index contributed by atoms with van der Waals surface area (Å²) in [6, 6.07) is 0.610. The maximum Gasteiger partial charge on any atom is 0.322 e. The fraction of sp³-hybridized carbons (Fsp3) is 0.750. The number of nitrogens with one attached hydrogen (secondary N) is 2. The lowest BCUT2D eigenvalue weighted by Gasteiger charge is -2.26. The Balaban J connectivity index is 1.87. The lowest BCUT2D eigenvalue weighted by Crippen LogP contribution is -2.42. The number of carbonyl (C=O) groups excluding carboxylic acids is 1. The van der Waals surface area contributed by atoms with E-state index in [9.17, 15) is 4.79 Å². The second kappa shape index (κ2) is 6.63.